The first-order valence-corrected chi connectivity index (χ1v) is 6.06. The molecule has 0 spiro atoms. The summed E-state index contributed by atoms with van der Waals surface area (Å²) < 4.78 is 1.77. The molecule has 0 saturated heterocycles. The third kappa shape index (κ3) is 2.32. The fourth-order valence-electron chi connectivity index (χ4n) is 2.63. The number of hydrogen-bond donors (Lipinski definition) is 1. The smallest absolute Gasteiger partial charge is 0.330 e. The van der Waals surface area contributed by atoms with E-state index < -0.39 is 0 Å². The molecule has 2 atom stereocenters. The summed E-state index contributed by atoms with van der Waals surface area (Å²) in [7, 11) is 0. The average Bonchev–Trinajstić information content (AvgIpc) is 2.54. The van der Waals surface area contributed by atoms with E-state index in [1.165, 1.54) is 19.3 Å². The SMILES string of the molecule is NCC1CCCCCC1n1cccnc1=O. The third-order valence-corrected chi connectivity index (χ3v) is 3.52. The molecular weight excluding hydrogens is 202 g/mol. The zero-order valence-electron chi connectivity index (χ0n) is 9.51. The van der Waals surface area contributed by atoms with Crippen LogP contribution < -0.4 is 11.4 Å². The molecular formula is C12H19N3O. The monoisotopic (exact) mass is 221 g/mol. The summed E-state index contributed by atoms with van der Waals surface area (Å²) in [6, 6.07) is 2.06. The second-order valence-electron chi connectivity index (χ2n) is 4.51. The molecule has 1 aromatic rings. The molecule has 88 valence electrons. The van der Waals surface area contributed by atoms with Crippen molar-refractivity contribution in [3.8, 4) is 0 Å². The molecule has 1 saturated carbocycles. The largest absolute Gasteiger partial charge is 0.347 e. The molecule has 1 aliphatic rings. The van der Waals surface area contributed by atoms with E-state index >= 15 is 0 Å². The highest BCUT2D eigenvalue weighted by Crippen LogP contribution is 2.30. The van der Waals surface area contributed by atoms with Crippen LogP contribution in [0.3, 0.4) is 0 Å². The Bertz CT molecular complexity index is 388. The van der Waals surface area contributed by atoms with Gasteiger partial charge in [-0.25, -0.2) is 9.78 Å². The molecule has 0 amide bonds. The van der Waals surface area contributed by atoms with E-state index in [1.807, 2.05) is 12.3 Å². The Labute approximate surface area is 95.5 Å². The predicted molar refractivity (Wildman–Crippen MR) is 63.2 cm³/mol. The molecule has 2 unspecified atom stereocenters. The second kappa shape index (κ2) is 5.25. The van der Waals surface area contributed by atoms with Crippen LogP contribution in [-0.2, 0) is 0 Å². The average molecular weight is 221 g/mol. The van der Waals surface area contributed by atoms with Gasteiger partial charge in [-0.2, -0.15) is 0 Å². The van der Waals surface area contributed by atoms with E-state index in [9.17, 15) is 4.79 Å². The minimum atomic E-state index is -0.146. The molecule has 1 aliphatic carbocycles. The van der Waals surface area contributed by atoms with Crippen molar-refractivity contribution in [3.05, 3.63) is 28.9 Å². The van der Waals surface area contributed by atoms with Crippen molar-refractivity contribution < 1.29 is 0 Å². The first-order valence-electron chi connectivity index (χ1n) is 6.06. The Morgan fingerprint density at radius 2 is 2.19 bits per heavy atom. The summed E-state index contributed by atoms with van der Waals surface area (Å²) in [4.78, 5) is 15.5. The van der Waals surface area contributed by atoms with Gasteiger partial charge >= 0.3 is 5.69 Å². The Morgan fingerprint density at radius 3 is 2.94 bits per heavy atom. The third-order valence-electron chi connectivity index (χ3n) is 3.52. The van der Waals surface area contributed by atoms with Gasteiger partial charge in [0.2, 0.25) is 0 Å². The summed E-state index contributed by atoms with van der Waals surface area (Å²) >= 11 is 0. The summed E-state index contributed by atoms with van der Waals surface area (Å²) in [5.41, 5.74) is 5.67. The van der Waals surface area contributed by atoms with Gasteiger partial charge in [-0.15, -0.1) is 0 Å². The fourth-order valence-corrected chi connectivity index (χ4v) is 2.63. The van der Waals surface area contributed by atoms with Crippen molar-refractivity contribution in [2.24, 2.45) is 11.7 Å². The molecule has 0 aliphatic heterocycles. The topological polar surface area (TPSA) is 60.9 Å². The molecule has 1 aromatic heterocycles. The number of hydrogen-bond acceptors (Lipinski definition) is 3. The van der Waals surface area contributed by atoms with E-state index in [-0.39, 0.29) is 11.7 Å². The predicted octanol–water partition coefficient (Wildman–Crippen LogP) is 1.32. The van der Waals surface area contributed by atoms with Crippen molar-refractivity contribution in [3.63, 3.8) is 0 Å². The van der Waals surface area contributed by atoms with Crippen LogP contribution in [0.4, 0.5) is 0 Å². The van der Waals surface area contributed by atoms with Crippen molar-refractivity contribution >= 4 is 0 Å². The number of nitrogens with zero attached hydrogens (tertiary/aromatic N) is 2. The number of nitrogens with two attached hydrogens (primary N) is 1. The van der Waals surface area contributed by atoms with Crippen LogP contribution in [0.2, 0.25) is 0 Å². The van der Waals surface area contributed by atoms with Crippen molar-refractivity contribution in [2.45, 2.75) is 38.1 Å². The molecule has 0 bridgehead atoms. The maximum atomic E-state index is 11.7. The maximum Gasteiger partial charge on any atom is 0.347 e. The van der Waals surface area contributed by atoms with E-state index in [0.717, 1.165) is 12.8 Å². The normalized spacial score (nSPS) is 26.3. The van der Waals surface area contributed by atoms with Gasteiger partial charge in [0.15, 0.2) is 0 Å². The summed E-state index contributed by atoms with van der Waals surface area (Å²) in [6.45, 7) is 0.659. The Hall–Kier alpha value is -1.16. The maximum absolute atomic E-state index is 11.7. The number of aromatic nitrogens is 2. The van der Waals surface area contributed by atoms with E-state index in [4.69, 9.17) is 5.73 Å². The van der Waals surface area contributed by atoms with E-state index in [1.54, 1.807) is 10.8 Å². The van der Waals surface area contributed by atoms with Crippen LogP contribution in [0.1, 0.15) is 38.1 Å². The van der Waals surface area contributed by atoms with Gasteiger partial charge in [0.1, 0.15) is 0 Å². The lowest BCUT2D eigenvalue weighted by Crippen LogP contribution is -2.33. The second-order valence-corrected chi connectivity index (χ2v) is 4.51. The van der Waals surface area contributed by atoms with Crippen LogP contribution in [0.15, 0.2) is 23.3 Å². The molecule has 4 nitrogen and oxygen atoms in total. The molecule has 2 N–H and O–H groups in total. The highest BCUT2D eigenvalue weighted by Gasteiger charge is 2.24. The minimum absolute atomic E-state index is 0.146. The van der Waals surface area contributed by atoms with Gasteiger partial charge in [0.25, 0.3) is 0 Å². The molecule has 16 heavy (non-hydrogen) atoms. The Morgan fingerprint density at radius 1 is 1.38 bits per heavy atom. The molecule has 1 fully saturated rings. The van der Waals surface area contributed by atoms with Gasteiger partial charge < -0.3 is 5.73 Å². The van der Waals surface area contributed by atoms with Crippen LogP contribution in [0.5, 0.6) is 0 Å². The van der Waals surface area contributed by atoms with Gasteiger partial charge in [-0.05, 0) is 31.4 Å². The number of rotatable bonds is 2. The molecule has 0 aromatic carbocycles. The van der Waals surface area contributed by atoms with Crippen LogP contribution in [0, 0.1) is 5.92 Å². The van der Waals surface area contributed by atoms with E-state index in [2.05, 4.69) is 4.98 Å². The zero-order valence-corrected chi connectivity index (χ0v) is 9.51. The first-order chi connectivity index (χ1) is 7.83. The zero-order chi connectivity index (χ0) is 11.4. The van der Waals surface area contributed by atoms with Crippen LogP contribution in [-0.4, -0.2) is 16.1 Å². The Balaban J connectivity index is 2.29. The van der Waals surface area contributed by atoms with Crippen molar-refractivity contribution in [2.75, 3.05) is 6.54 Å². The summed E-state index contributed by atoms with van der Waals surface area (Å²) in [5, 5.41) is 0. The van der Waals surface area contributed by atoms with Crippen LogP contribution in [0.25, 0.3) is 0 Å². The van der Waals surface area contributed by atoms with Gasteiger partial charge in [-0.1, -0.05) is 19.3 Å². The van der Waals surface area contributed by atoms with Gasteiger partial charge in [0.05, 0.1) is 0 Å². The molecule has 4 heteroatoms. The lowest BCUT2D eigenvalue weighted by molar-refractivity contribution is 0.307. The molecule has 0 radical (unpaired) electrons. The minimum Gasteiger partial charge on any atom is -0.330 e. The highest BCUT2D eigenvalue weighted by molar-refractivity contribution is 4.88. The molecule has 2 rings (SSSR count). The van der Waals surface area contributed by atoms with Crippen LogP contribution >= 0.6 is 0 Å². The van der Waals surface area contributed by atoms with Crippen molar-refractivity contribution in [1.29, 1.82) is 0 Å². The highest BCUT2D eigenvalue weighted by atomic mass is 16.1. The van der Waals surface area contributed by atoms with E-state index in [0.29, 0.717) is 12.5 Å². The molecule has 1 heterocycles. The van der Waals surface area contributed by atoms with Gasteiger partial charge in [-0.3, -0.25) is 4.57 Å². The van der Waals surface area contributed by atoms with Gasteiger partial charge in [0, 0.05) is 18.4 Å². The lowest BCUT2D eigenvalue weighted by atomic mass is 9.95. The fraction of sp³-hybridized carbons (Fsp3) is 0.667. The summed E-state index contributed by atoms with van der Waals surface area (Å²) in [6.07, 6.45) is 9.23. The Kier molecular flexibility index (Phi) is 3.72. The van der Waals surface area contributed by atoms with Crippen molar-refractivity contribution in [1.82, 2.24) is 9.55 Å². The first kappa shape index (κ1) is 11.3. The quantitative estimate of drug-likeness (QED) is 0.766. The summed E-state index contributed by atoms with van der Waals surface area (Å²) in [5.74, 6) is 0.421. The standard InChI is InChI=1S/C12H19N3O/c13-9-10-5-2-1-3-6-11(10)15-8-4-7-14-12(15)16/h4,7-8,10-11H,1-3,5-6,9,13H2. The lowest BCUT2D eigenvalue weighted by Gasteiger charge is -2.25.